The average Bonchev–Trinajstić information content (AvgIpc) is 2.27. The minimum Gasteiger partial charge on any atom is -0.444 e. The Kier molecular flexibility index (Phi) is 5.12. The molecule has 19 heavy (non-hydrogen) atoms. The molecule has 1 aromatic rings. The largest absolute Gasteiger partial charge is 0.444 e. The van der Waals surface area contributed by atoms with E-state index < -0.39 is 11.7 Å². The van der Waals surface area contributed by atoms with Gasteiger partial charge >= 0.3 is 6.09 Å². The van der Waals surface area contributed by atoms with E-state index in [9.17, 15) is 4.79 Å². The maximum absolute atomic E-state index is 11.7. The molecule has 104 valence electrons. The second-order valence-electron chi connectivity index (χ2n) is 5.29. The van der Waals surface area contributed by atoms with Crippen molar-refractivity contribution in [3.05, 3.63) is 35.4 Å². The van der Waals surface area contributed by atoms with Crippen LogP contribution in [-0.4, -0.2) is 23.4 Å². The Morgan fingerprint density at radius 1 is 1.42 bits per heavy atom. The van der Waals surface area contributed by atoms with Crippen molar-refractivity contribution in [2.24, 2.45) is 0 Å². The van der Waals surface area contributed by atoms with E-state index in [1.807, 2.05) is 52.0 Å². The van der Waals surface area contributed by atoms with Gasteiger partial charge in [-0.2, -0.15) is 0 Å². The molecule has 1 amide bonds. The van der Waals surface area contributed by atoms with Gasteiger partial charge in [-0.25, -0.2) is 4.79 Å². The van der Waals surface area contributed by atoms with Crippen LogP contribution in [0.1, 0.15) is 31.9 Å². The molecular weight excluding hydrogens is 242 g/mol. The molecule has 2 N–H and O–H groups in total. The number of aryl methyl sites for hydroxylation is 1. The van der Waals surface area contributed by atoms with E-state index in [4.69, 9.17) is 9.84 Å². The summed E-state index contributed by atoms with van der Waals surface area (Å²) in [5.74, 6) is 0. The molecule has 0 unspecified atom stereocenters. The van der Waals surface area contributed by atoms with E-state index in [0.29, 0.717) is 0 Å². The van der Waals surface area contributed by atoms with E-state index >= 15 is 0 Å². The number of carbonyl (C=O) groups is 1. The van der Waals surface area contributed by atoms with Crippen LogP contribution in [0.25, 0.3) is 6.08 Å². The third-order valence-electron chi connectivity index (χ3n) is 2.30. The maximum Gasteiger partial charge on any atom is 0.412 e. The summed E-state index contributed by atoms with van der Waals surface area (Å²) in [6.45, 7) is 7.38. The molecule has 0 heterocycles. The van der Waals surface area contributed by atoms with Gasteiger partial charge in [-0.3, -0.25) is 5.32 Å². The predicted octanol–water partition coefficient (Wildman–Crippen LogP) is 3.35. The molecule has 0 aliphatic carbocycles. The molecule has 0 aromatic heterocycles. The van der Waals surface area contributed by atoms with Crippen molar-refractivity contribution in [1.29, 1.82) is 0 Å². The van der Waals surface area contributed by atoms with Gasteiger partial charge in [0.1, 0.15) is 5.60 Å². The van der Waals surface area contributed by atoms with Crippen molar-refractivity contribution in [2.45, 2.75) is 33.3 Å². The Bertz CT molecular complexity index is 473. The molecule has 4 heteroatoms. The number of ether oxygens (including phenoxy) is 1. The Morgan fingerprint density at radius 2 is 2.11 bits per heavy atom. The summed E-state index contributed by atoms with van der Waals surface area (Å²) in [5.41, 5.74) is 2.12. The molecule has 0 saturated carbocycles. The lowest BCUT2D eigenvalue weighted by atomic mass is 10.1. The third-order valence-corrected chi connectivity index (χ3v) is 2.30. The number of hydrogen-bond acceptors (Lipinski definition) is 3. The molecule has 0 atom stereocenters. The first kappa shape index (κ1) is 15.2. The first-order valence-electron chi connectivity index (χ1n) is 6.20. The standard InChI is InChI=1S/C15H21NO3/c1-11-10-12(6-5-9-17)7-8-13(11)16-14(18)19-15(2,3)4/h5-8,10,17H,9H2,1-4H3,(H,16,18)/b6-5+. The van der Waals surface area contributed by atoms with Crippen LogP contribution in [0.5, 0.6) is 0 Å². The fraction of sp³-hybridized carbons (Fsp3) is 0.400. The fourth-order valence-corrected chi connectivity index (χ4v) is 1.53. The molecular formula is C15H21NO3. The first-order valence-corrected chi connectivity index (χ1v) is 6.20. The van der Waals surface area contributed by atoms with Crippen LogP contribution in [0.15, 0.2) is 24.3 Å². The topological polar surface area (TPSA) is 58.6 Å². The van der Waals surface area contributed by atoms with Crippen molar-refractivity contribution >= 4 is 17.9 Å². The average molecular weight is 263 g/mol. The van der Waals surface area contributed by atoms with Crippen molar-refractivity contribution in [2.75, 3.05) is 11.9 Å². The highest BCUT2D eigenvalue weighted by molar-refractivity contribution is 5.86. The smallest absolute Gasteiger partial charge is 0.412 e. The van der Waals surface area contributed by atoms with E-state index in [-0.39, 0.29) is 6.61 Å². The summed E-state index contributed by atoms with van der Waals surface area (Å²) >= 11 is 0. The molecule has 1 aromatic carbocycles. The minimum atomic E-state index is -0.512. The zero-order chi connectivity index (χ0) is 14.5. The summed E-state index contributed by atoms with van der Waals surface area (Å²) in [6, 6.07) is 5.61. The molecule has 0 aliphatic heterocycles. The number of aliphatic hydroxyl groups is 1. The Morgan fingerprint density at radius 3 is 2.63 bits per heavy atom. The van der Waals surface area contributed by atoms with Gasteiger partial charge in [0.2, 0.25) is 0 Å². The lowest BCUT2D eigenvalue weighted by molar-refractivity contribution is 0.0636. The van der Waals surface area contributed by atoms with Gasteiger partial charge in [0, 0.05) is 5.69 Å². The maximum atomic E-state index is 11.7. The van der Waals surface area contributed by atoms with Crippen LogP contribution in [0.4, 0.5) is 10.5 Å². The van der Waals surface area contributed by atoms with Gasteiger partial charge in [-0.05, 0) is 51.0 Å². The number of aliphatic hydroxyl groups excluding tert-OH is 1. The molecule has 0 bridgehead atoms. The number of anilines is 1. The van der Waals surface area contributed by atoms with Gasteiger partial charge in [-0.15, -0.1) is 0 Å². The molecule has 4 nitrogen and oxygen atoms in total. The van der Waals surface area contributed by atoms with Gasteiger partial charge in [0.25, 0.3) is 0 Å². The van der Waals surface area contributed by atoms with Crippen LogP contribution in [-0.2, 0) is 4.74 Å². The Labute approximate surface area is 114 Å². The zero-order valence-electron chi connectivity index (χ0n) is 11.9. The van der Waals surface area contributed by atoms with Gasteiger partial charge < -0.3 is 9.84 Å². The predicted molar refractivity (Wildman–Crippen MR) is 77.2 cm³/mol. The Balaban J connectivity index is 2.75. The molecule has 1 rings (SSSR count). The summed E-state index contributed by atoms with van der Waals surface area (Å²) in [4.78, 5) is 11.7. The van der Waals surface area contributed by atoms with Crippen molar-refractivity contribution in [3.63, 3.8) is 0 Å². The van der Waals surface area contributed by atoms with Crippen LogP contribution in [0, 0.1) is 6.92 Å². The van der Waals surface area contributed by atoms with Crippen LogP contribution < -0.4 is 5.32 Å². The quantitative estimate of drug-likeness (QED) is 0.879. The second kappa shape index (κ2) is 6.38. The fourth-order valence-electron chi connectivity index (χ4n) is 1.53. The van der Waals surface area contributed by atoms with E-state index in [2.05, 4.69) is 5.32 Å². The van der Waals surface area contributed by atoms with Gasteiger partial charge in [0.05, 0.1) is 6.61 Å². The summed E-state index contributed by atoms with van der Waals surface area (Å²) in [7, 11) is 0. The van der Waals surface area contributed by atoms with E-state index in [1.54, 1.807) is 6.08 Å². The number of benzene rings is 1. The molecule has 0 saturated heterocycles. The lowest BCUT2D eigenvalue weighted by Gasteiger charge is -2.20. The summed E-state index contributed by atoms with van der Waals surface area (Å²) in [5, 5.41) is 11.4. The minimum absolute atomic E-state index is 0.0109. The van der Waals surface area contributed by atoms with Crippen LogP contribution in [0.3, 0.4) is 0 Å². The number of hydrogen-bond donors (Lipinski definition) is 2. The Hall–Kier alpha value is -1.81. The molecule has 0 aliphatic rings. The molecule has 0 spiro atoms. The monoisotopic (exact) mass is 263 g/mol. The summed E-state index contributed by atoms with van der Waals surface area (Å²) < 4.78 is 5.19. The lowest BCUT2D eigenvalue weighted by Crippen LogP contribution is -2.27. The second-order valence-corrected chi connectivity index (χ2v) is 5.29. The first-order chi connectivity index (χ1) is 8.81. The zero-order valence-corrected chi connectivity index (χ0v) is 11.9. The number of carbonyl (C=O) groups excluding carboxylic acids is 1. The number of rotatable bonds is 3. The number of nitrogens with one attached hydrogen (secondary N) is 1. The summed E-state index contributed by atoms with van der Waals surface area (Å²) in [6.07, 6.45) is 3.02. The molecule has 0 radical (unpaired) electrons. The molecule has 0 fully saturated rings. The van der Waals surface area contributed by atoms with Crippen molar-refractivity contribution in [1.82, 2.24) is 0 Å². The van der Waals surface area contributed by atoms with Crippen LogP contribution >= 0.6 is 0 Å². The highest BCUT2D eigenvalue weighted by atomic mass is 16.6. The van der Waals surface area contributed by atoms with Crippen molar-refractivity contribution in [3.8, 4) is 0 Å². The van der Waals surface area contributed by atoms with Crippen LogP contribution in [0.2, 0.25) is 0 Å². The highest BCUT2D eigenvalue weighted by Gasteiger charge is 2.16. The van der Waals surface area contributed by atoms with E-state index in [1.165, 1.54) is 0 Å². The SMILES string of the molecule is Cc1cc(/C=C/CO)ccc1NC(=O)OC(C)(C)C. The normalized spacial score (nSPS) is 11.6. The highest BCUT2D eigenvalue weighted by Crippen LogP contribution is 2.18. The van der Waals surface area contributed by atoms with Crippen molar-refractivity contribution < 1.29 is 14.6 Å². The van der Waals surface area contributed by atoms with Gasteiger partial charge in [0.15, 0.2) is 0 Å². The number of amides is 1. The third kappa shape index (κ3) is 5.57. The van der Waals surface area contributed by atoms with Gasteiger partial charge in [-0.1, -0.05) is 18.2 Å². The van der Waals surface area contributed by atoms with E-state index in [0.717, 1.165) is 16.8 Å².